The Kier molecular flexibility index (Phi) is 6.04. The Morgan fingerprint density at radius 2 is 1.58 bits per heavy atom. The van der Waals surface area contributed by atoms with E-state index in [0.717, 1.165) is 25.3 Å². The average Bonchev–Trinajstić information content (AvgIpc) is 3.30. The maximum Gasteiger partial charge on any atom is 0.354 e. The Hall–Kier alpha value is -3.28. The SMILES string of the molecule is CC(C)(N)C(=O)N1C[C@H]2CN(C(=O)Nc3ccn(-c4ccc(CN5CC6C(N)C6C5)cc4)c(=O)n3)C[C@H]2C1. The molecule has 6 rings (SSSR count). The molecule has 11 nitrogen and oxygen atoms in total. The van der Waals surface area contributed by atoms with E-state index >= 15 is 0 Å². The second-order valence-corrected chi connectivity index (χ2v) is 12.0. The molecule has 4 atom stereocenters. The number of anilines is 1. The largest absolute Gasteiger partial charge is 0.354 e. The molecule has 0 bridgehead atoms. The molecule has 4 heterocycles. The van der Waals surface area contributed by atoms with Crippen LogP contribution in [0.25, 0.3) is 5.69 Å². The van der Waals surface area contributed by atoms with E-state index in [-0.39, 0.29) is 29.6 Å². The molecule has 202 valence electrons. The van der Waals surface area contributed by atoms with Gasteiger partial charge >= 0.3 is 11.7 Å². The van der Waals surface area contributed by atoms with Gasteiger partial charge in [0.25, 0.3) is 0 Å². The zero-order valence-corrected chi connectivity index (χ0v) is 21.9. The van der Waals surface area contributed by atoms with Crippen molar-refractivity contribution in [2.45, 2.75) is 32.0 Å². The van der Waals surface area contributed by atoms with Crippen LogP contribution in [0.1, 0.15) is 19.4 Å². The number of piperidine rings is 1. The summed E-state index contributed by atoms with van der Waals surface area (Å²) in [6.07, 6.45) is 1.63. The van der Waals surface area contributed by atoms with E-state index in [1.54, 1.807) is 31.0 Å². The molecule has 38 heavy (non-hydrogen) atoms. The molecule has 4 aliphatic rings. The highest BCUT2D eigenvalue weighted by Gasteiger charge is 2.53. The zero-order valence-electron chi connectivity index (χ0n) is 21.9. The number of carbonyl (C=O) groups is 2. The summed E-state index contributed by atoms with van der Waals surface area (Å²) in [5.74, 6) is 1.93. The number of aromatic nitrogens is 2. The molecule has 3 saturated heterocycles. The van der Waals surface area contributed by atoms with Crippen molar-refractivity contribution in [1.82, 2.24) is 24.3 Å². The van der Waals surface area contributed by atoms with Crippen molar-refractivity contribution in [3.63, 3.8) is 0 Å². The normalized spacial score (nSPS) is 28.4. The molecule has 5 N–H and O–H groups in total. The summed E-state index contributed by atoms with van der Waals surface area (Å²) in [6.45, 7) is 8.76. The number of carbonyl (C=O) groups excluding carboxylic acids is 2. The molecule has 1 aromatic heterocycles. The van der Waals surface area contributed by atoms with E-state index in [1.807, 2.05) is 29.2 Å². The molecule has 0 spiro atoms. The van der Waals surface area contributed by atoms with Gasteiger partial charge in [-0.1, -0.05) is 12.1 Å². The Morgan fingerprint density at radius 1 is 0.974 bits per heavy atom. The van der Waals surface area contributed by atoms with E-state index in [0.29, 0.717) is 44.1 Å². The van der Waals surface area contributed by atoms with Crippen molar-refractivity contribution >= 4 is 17.8 Å². The fraction of sp³-hybridized carbons (Fsp3) is 0.556. The van der Waals surface area contributed by atoms with Crippen LogP contribution in [0.5, 0.6) is 0 Å². The van der Waals surface area contributed by atoms with Crippen LogP contribution in [0.4, 0.5) is 10.6 Å². The molecule has 3 aliphatic heterocycles. The number of nitrogens with two attached hydrogens (primary N) is 2. The van der Waals surface area contributed by atoms with Crippen LogP contribution in [0, 0.1) is 23.7 Å². The van der Waals surface area contributed by atoms with Gasteiger partial charge in [-0.15, -0.1) is 0 Å². The molecule has 0 radical (unpaired) electrons. The number of amides is 3. The number of hydrogen-bond acceptors (Lipinski definition) is 7. The van der Waals surface area contributed by atoms with Gasteiger partial charge in [0.05, 0.1) is 11.2 Å². The lowest BCUT2D eigenvalue weighted by atomic mass is 10.0. The summed E-state index contributed by atoms with van der Waals surface area (Å²) < 4.78 is 1.47. The summed E-state index contributed by atoms with van der Waals surface area (Å²) >= 11 is 0. The molecule has 11 heteroatoms. The Labute approximate surface area is 221 Å². The molecular formula is C27H36N8O3. The minimum atomic E-state index is -0.896. The third kappa shape index (κ3) is 4.70. The maximum atomic E-state index is 12.9. The number of nitrogens with one attached hydrogen (secondary N) is 1. The predicted molar refractivity (Wildman–Crippen MR) is 142 cm³/mol. The minimum absolute atomic E-state index is 0.0598. The van der Waals surface area contributed by atoms with Crippen molar-refractivity contribution < 1.29 is 9.59 Å². The predicted octanol–water partition coefficient (Wildman–Crippen LogP) is 0.281. The van der Waals surface area contributed by atoms with Crippen molar-refractivity contribution in [3.8, 4) is 5.69 Å². The first-order valence-electron chi connectivity index (χ1n) is 13.4. The van der Waals surface area contributed by atoms with Crippen molar-refractivity contribution in [2.24, 2.45) is 35.1 Å². The molecule has 4 fully saturated rings. The number of rotatable bonds is 5. The smallest absolute Gasteiger partial charge is 0.340 e. The van der Waals surface area contributed by atoms with E-state index in [9.17, 15) is 14.4 Å². The van der Waals surface area contributed by atoms with Crippen LogP contribution in [0.3, 0.4) is 0 Å². The van der Waals surface area contributed by atoms with Gasteiger partial charge in [0.1, 0.15) is 5.82 Å². The molecule has 3 amide bonds. The average molecular weight is 521 g/mol. The van der Waals surface area contributed by atoms with Gasteiger partial charge in [0.15, 0.2) is 0 Å². The van der Waals surface area contributed by atoms with Gasteiger partial charge < -0.3 is 21.3 Å². The van der Waals surface area contributed by atoms with Crippen LogP contribution in [-0.4, -0.2) is 87.0 Å². The quantitative estimate of drug-likeness (QED) is 0.514. The van der Waals surface area contributed by atoms with E-state index < -0.39 is 11.2 Å². The summed E-state index contributed by atoms with van der Waals surface area (Å²) in [4.78, 5) is 48.1. The van der Waals surface area contributed by atoms with Crippen LogP contribution >= 0.6 is 0 Å². The Balaban J connectivity index is 1.03. The van der Waals surface area contributed by atoms with Crippen LogP contribution in [-0.2, 0) is 11.3 Å². The minimum Gasteiger partial charge on any atom is -0.340 e. The highest BCUT2D eigenvalue weighted by molar-refractivity contribution is 5.88. The van der Waals surface area contributed by atoms with Crippen LogP contribution < -0.4 is 22.5 Å². The number of hydrogen-bond donors (Lipinski definition) is 3. The first kappa shape index (κ1) is 25.0. The van der Waals surface area contributed by atoms with Gasteiger partial charge in [-0.25, -0.2) is 9.59 Å². The lowest BCUT2D eigenvalue weighted by Gasteiger charge is -2.27. The van der Waals surface area contributed by atoms with Crippen molar-refractivity contribution in [3.05, 3.63) is 52.6 Å². The summed E-state index contributed by atoms with van der Waals surface area (Å²) in [5.41, 5.74) is 12.6. The van der Waals surface area contributed by atoms with E-state index in [4.69, 9.17) is 11.5 Å². The third-order valence-corrected chi connectivity index (χ3v) is 8.61. The molecular weight excluding hydrogens is 484 g/mol. The standard InChI is InChI=1S/C27H36N8O3/c1-27(2,29)24(36)33-10-17-12-34(13-18(17)11-33)25(37)30-22-7-8-35(26(38)31-22)19-5-3-16(4-6-19)9-32-14-20-21(15-32)23(20)28/h3-8,17-18,20-21,23H,9-15,28-29H2,1-2H3,(H,30,31,37,38)/t17-,18+,20?,21?,23?. The van der Waals surface area contributed by atoms with Gasteiger partial charge in [0, 0.05) is 69.9 Å². The maximum absolute atomic E-state index is 12.9. The second kappa shape index (κ2) is 9.18. The van der Waals surface area contributed by atoms with Crippen molar-refractivity contribution in [1.29, 1.82) is 0 Å². The van der Waals surface area contributed by atoms with Gasteiger partial charge in [-0.2, -0.15) is 4.98 Å². The number of fused-ring (bicyclic) bond motifs is 2. The first-order chi connectivity index (χ1) is 18.1. The van der Waals surface area contributed by atoms with Crippen LogP contribution in [0.2, 0.25) is 0 Å². The van der Waals surface area contributed by atoms with Crippen molar-refractivity contribution in [2.75, 3.05) is 44.6 Å². The highest BCUT2D eigenvalue weighted by Crippen LogP contribution is 2.44. The van der Waals surface area contributed by atoms with Crippen LogP contribution in [0.15, 0.2) is 41.3 Å². The van der Waals surface area contributed by atoms with Gasteiger partial charge in [-0.05, 0) is 49.4 Å². The fourth-order valence-electron chi connectivity index (χ4n) is 6.40. The summed E-state index contributed by atoms with van der Waals surface area (Å²) in [7, 11) is 0. The van der Waals surface area contributed by atoms with Gasteiger partial charge in [0.2, 0.25) is 5.91 Å². The van der Waals surface area contributed by atoms with E-state index in [1.165, 1.54) is 10.1 Å². The summed E-state index contributed by atoms with van der Waals surface area (Å²) in [6, 6.07) is 9.65. The third-order valence-electron chi connectivity index (χ3n) is 8.61. The molecule has 2 aromatic rings. The Bertz CT molecular complexity index is 1280. The lowest BCUT2D eigenvalue weighted by Crippen LogP contribution is -2.51. The zero-order chi connectivity index (χ0) is 26.8. The Morgan fingerprint density at radius 3 is 2.16 bits per heavy atom. The molecule has 1 aromatic carbocycles. The topological polar surface area (TPSA) is 143 Å². The lowest BCUT2D eigenvalue weighted by molar-refractivity contribution is -0.135. The molecule has 1 aliphatic carbocycles. The monoisotopic (exact) mass is 520 g/mol. The van der Waals surface area contributed by atoms with E-state index in [2.05, 4.69) is 15.2 Å². The number of likely N-dealkylation sites (tertiary alicyclic amines) is 3. The first-order valence-corrected chi connectivity index (χ1v) is 13.4. The molecule has 2 unspecified atom stereocenters. The fourth-order valence-corrected chi connectivity index (χ4v) is 6.40. The molecule has 1 saturated carbocycles. The number of benzene rings is 1. The number of urea groups is 1. The number of nitrogens with zero attached hydrogens (tertiary/aromatic N) is 5. The second-order valence-electron chi connectivity index (χ2n) is 12.0. The highest BCUT2D eigenvalue weighted by atomic mass is 16.2. The van der Waals surface area contributed by atoms with Gasteiger partial charge in [-0.3, -0.25) is 19.6 Å². The summed E-state index contributed by atoms with van der Waals surface area (Å²) in [5, 5.41) is 2.76.